The highest BCUT2D eigenvalue weighted by Gasteiger charge is 2.36. The lowest BCUT2D eigenvalue weighted by Crippen LogP contribution is -2.08. The molecule has 2 aromatic heterocycles. The van der Waals surface area contributed by atoms with Crippen molar-refractivity contribution in [2.75, 3.05) is 0 Å². The minimum Gasteiger partial charge on any atom is -0.489 e. The third-order valence-corrected chi connectivity index (χ3v) is 6.39. The van der Waals surface area contributed by atoms with E-state index in [1.807, 2.05) is 0 Å². The van der Waals surface area contributed by atoms with E-state index in [2.05, 4.69) is 10.1 Å². The van der Waals surface area contributed by atoms with Gasteiger partial charge in [-0.2, -0.15) is 18.3 Å². The van der Waals surface area contributed by atoms with E-state index < -0.39 is 17.6 Å². The predicted octanol–water partition coefficient (Wildman–Crippen LogP) is 8.44. The molecule has 0 aliphatic rings. The van der Waals surface area contributed by atoms with Gasteiger partial charge in [0.1, 0.15) is 18.2 Å². The highest BCUT2D eigenvalue weighted by Crippen LogP contribution is 2.39. The second kappa shape index (κ2) is 9.68. The van der Waals surface area contributed by atoms with Gasteiger partial charge in [-0.15, -0.1) is 0 Å². The highest BCUT2D eigenvalue weighted by atomic mass is 35.5. The first kappa shape index (κ1) is 25.0. The Labute approximate surface area is 219 Å². The molecule has 3 aromatic carbocycles. The van der Waals surface area contributed by atoms with Crippen molar-refractivity contribution >= 4 is 34.2 Å². The van der Waals surface area contributed by atoms with E-state index in [4.69, 9.17) is 27.9 Å². The first-order valence-corrected chi connectivity index (χ1v) is 11.8. The third-order valence-electron chi connectivity index (χ3n) is 5.78. The molecule has 4 nitrogen and oxygen atoms in total. The molecule has 0 bridgehead atoms. The van der Waals surface area contributed by atoms with E-state index >= 15 is 0 Å². The number of rotatable bonds is 5. The van der Waals surface area contributed by atoms with Gasteiger partial charge in [0.05, 0.1) is 33.0 Å². The number of pyridine rings is 1. The number of nitrogens with zero attached hydrogens (tertiary/aromatic N) is 3. The van der Waals surface area contributed by atoms with E-state index in [-0.39, 0.29) is 39.6 Å². The Morgan fingerprint density at radius 1 is 0.946 bits per heavy atom. The largest absolute Gasteiger partial charge is 0.489 e. The van der Waals surface area contributed by atoms with Gasteiger partial charge in [0.25, 0.3) is 0 Å². The average molecular weight is 546 g/mol. The summed E-state index contributed by atoms with van der Waals surface area (Å²) in [4.78, 5) is 4.55. The van der Waals surface area contributed by atoms with Crippen LogP contribution in [0.3, 0.4) is 0 Å². The Hall–Kier alpha value is -3.62. The normalized spacial score (nSPS) is 11.8. The number of hydrogen-bond donors (Lipinski definition) is 0. The number of ether oxygens (including phenoxy) is 1. The van der Waals surface area contributed by atoms with Gasteiger partial charge in [0, 0.05) is 16.1 Å². The van der Waals surface area contributed by atoms with E-state index in [0.29, 0.717) is 22.0 Å². The molecule has 0 N–H and O–H groups in total. The second-order valence-electron chi connectivity index (χ2n) is 8.24. The molecule has 0 fully saturated rings. The number of halogens is 6. The van der Waals surface area contributed by atoms with Crippen LogP contribution in [0.1, 0.15) is 16.8 Å². The van der Waals surface area contributed by atoms with Gasteiger partial charge >= 0.3 is 6.18 Å². The van der Waals surface area contributed by atoms with Crippen LogP contribution < -0.4 is 4.74 Å². The van der Waals surface area contributed by atoms with E-state index in [9.17, 15) is 17.6 Å². The summed E-state index contributed by atoms with van der Waals surface area (Å²) in [6, 6.07) is 18.2. The molecule has 0 aliphatic heterocycles. The molecule has 0 spiro atoms. The molecule has 2 heterocycles. The van der Waals surface area contributed by atoms with Crippen molar-refractivity contribution in [2.24, 2.45) is 0 Å². The van der Waals surface area contributed by atoms with Gasteiger partial charge in [0.15, 0.2) is 5.65 Å². The molecular formula is C27H17Cl2F4N3O. The quantitative estimate of drug-likeness (QED) is 0.208. The maximum atomic E-state index is 14.1. The average Bonchev–Trinajstić information content (AvgIpc) is 3.19. The van der Waals surface area contributed by atoms with Crippen molar-refractivity contribution in [3.8, 4) is 22.7 Å². The van der Waals surface area contributed by atoms with Crippen LogP contribution in [0.4, 0.5) is 17.6 Å². The predicted molar refractivity (Wildman–Crippen MR) is 135 cm³/mol. The summed E-state index contributed by atoms with van der Waals surface area (Å²) in [7, 11) is 0. The van der Waals surface area contributed by atoms with Crippen molar-refractivity contribution in [1.82, 2.24) is 14.8 Å². The van der Waals surface area contributed by atoms with E-state index in [1.165, 1.54) is 23.7 Å². The van der Waals surface area contributed by atoms with Crippen LogP contribution in [-0.2, 0) is 12.8 Å². The first-order valence-electron chi connectivity index (χ1n) is 11.0. The summed E-state index contributed by atoms with van der Waals surface area (Å²) >= 11 is 12.0. The molecule has 0 saturated carbocycles. The van der Waals surface area contributed by atoms with Crippen LogP contribution in [0.25, 0.3) is 28.0 Å². The molecule has 37 heavy (non-hydrogen) atoms. The number of hydrogen-bond acceptors (Lipinski definition) is 3. The lowest BCUT2D eigenvalue weighted by atomic mass is 10.0. The lowest BCUT2D eigenvalue weighted by Gasteiger charge is -2.13. The zero-order valence-corrected chi connectivity index (χ0v) is 20.7. The SMILES string of the molecule is Cc1nn(-c2ccc(Cl)cc2)c2nc(-c3ccc(OCc4c(F)cccc4Cl)cc3)cc(C(F)(F)F)c12. The third kappa shape index (κ3) is 4.99. The van der Waals surface area contributed by atoms with Gasteiger partial charge in [-0.25, -0.2) is 14.1 Å². The summed E-state index contributed by atoms with van der Waals surface area (Å²) in [6.45, 7) is 1.41. The number of fused-ring (bicyclic) bond motifs is 1. The van der Waals surface area contributed by atoms with Crippen molar-refractivity contribution in [3.05, 3.63) is 105 Å². The van der Waals surface area contributed by atoms with Crippen molar-refractivity contribution in [3.63, 3.8) is 0 Å². The number of alkyl halides is 3. The maximum Gasteiger partial charge on any atom is 0.417 e. The number of benzene rings is 3. The standard InChI is InChI=1S/C27H17Cl2F4N3O/c1-15-25-21(27(31,32)33)13-24(34-26(25)36(35-15)18-9-7-17(28)8-10-18)16-5-11-19(12-6-16)37-14-20-22(29)3-2-4-23(20)30/h2-13H,14H2,1H3. The molecule has 188 valence electrons. The molecule has 5 rings (SSSR count). The Morgan fingerprint density at radius 2 is 1.65 bits per heavy atom. The fourth-order valence-electron chi connectivity index (χ4n) is 3.97. The van der Waals surface area contributed by atoms with Gasteiger partial charge in [-0.05, 0) is 73.7 Å². The molecule has 0 amide bonds. The zero-order chi connectivity index (χ0) is 26.3. The lowest BCUT2D eigenvalue weighted by molar-refractivity contribution is -0.136. The minimum absolute atomic E-state index is 0.0687. The fraction of sp³-hybridized carbons (Fsp3) is 0.111. The molecule has 0 atom stereocenters. The Kier molecular flexibility index (Phi) is 6.56. The maximum absolute atomic E-state index is 14.1. The monoisotopic (exact) mass is 545 g/mol. The summed E-state index contributed by atoms with van der Waals surface area (Å²) in [6.07, 6.45) is -4.63. The smallest absolute Gasteiger partial charge is 0.417 e. The molecular weight excluding hydrogens is 529 g/mol. The van der Waals surface area contributed by atoms with Crippen molar-refractivity contribution in [2.45, 2.75) is 19.7 Å². The zero-order valence-electron chi connectivity index (χ0n) is 19.2. The number of aryl methyl sites for hydroxylation is 1. The summed E-state index contributed by atoms with van der Waals surface area (Å²) in [5, 5.41) is 4.98. The molecule has 5 aromatic rings. The van der Waals surface area contributed by atoms with Crippen LogP contribution in [0.15, 0.2) is 72.8 Å². The highest BCUT2D eigenvalue weighted by molar-refractivity contribution is 6.31. The Bertz CT molecular complexity index is 1580. The molecule has 0 saturated heterocycles. The topological polar surface area (TPSA) is 39.9 Å². The van der Waals surface area contributed by atoms with Crippen LogP contribution in [0.5, 0.6) is 5.75 Å². The molecule has 0 unspecified atom stereocenters. The Morgan fingerprint density at radius 3 is 2.30 bits per heavy atom. The molecule has 0 aliphatic carbocycles. The van der Waals surface area contributed by atoms with Gasteiger partial charge < -0.3 is 4.74 Å². The van der Waals surface area contributed by atoms with Crippen LogP contribution in [0, 0.1) is 12.7 Å². The molecule has 0 radical (unpaired) electrons. The summed E-state index contributed by atoms with van der Waals surface area (Å²) in [5.41, 5.74) is 0.714. The van der Waals surface area contributed by atoms with Gasteiger partial charge in [-0.1, -0.05) is 29.3 Å². The van der Waals surface area contributed by atoms with E-state index in [1.54, 1.807) is 54.6 Å². The first-order chi connectivity index (χ1) is 17.6. The second-order valence-corrected chi connectivity index (χ2v) is 9.08. The van der Waals surface area contributed by atoms with Crippen LogP contribution >= 0.6 is 23.2 Å². The van der Waals surface area contributed by atoms with E-state index in [0.717, 1.165) is 6.07 Å². The van der Waals surface area contributed by atoms with Crippen LogP contribution in [-0.4, -0.2) is 14.8 Å². The van der Waals surface area contributed by atoms with Gasteiger partial charge in [0.2, 0.25) is 0 Å². The van der Waals surface area contributed by atoms with Crippen molar-refractivity contribution in [1.29, 1.82) is 0 Å². The Balaban J connectivity index is 1.54. The minimum atomic E-state index is -4.63. The summed E-state index contributed by atoms with van der Waals surface area (Å²) < 4.78 is 63.3. The van der Waals surface area contributed by atoms with Gasteiger partial charge in [-0.3, -0.25) is 0 Å². The van der Waals surface area contributed by atoms with Crippen LogP contribution in [0.2, 0.25) is 10.0 Å². The van der Waals surface area contributed by atoms with Crippen molar-refractivity contribution < 1.29 is 22.3 Å². The fourth-order valence-corrected chi connectivity index (χ4v) is 4.31. The molecule has 10 heteroatoms. The number of aromatic nitrogens is 3. The summed E-state index contributed by atoms with van der Waals surface area (Å²) in [5.74, 6) is -0.101.